The van der Waals surface area contributed by atoms with Crippen molar-refractivity contribution in [1.82, 2.24) is 5.32 Å². The molecular formula is C52H66F2N2O8. The van der Waals surface area contributed by atoms with Crippen molar-refractivity contribution < 1.29 is 48.0 Å². The van der Waals surface area contributed by atoms with Gasteiger partial charge in [-0.05, 0) is 148 Å². The summed E-state index contributed by atoms with van der Waals surface area (Å²) in [6.07, 6.45) is 7.46. The lowest BCUT2D eigenvalue weighted by atomic mass is 9.65. The highest BCUT2D eigenvalue weighted by Gasteiger charge is 2.48. The van der Waals surface area contributed by atoms with Gasteiger partial charge in [-0.25, -0.2) is 8.78 Å². The normalized spacial score (nSPS) is 24.5. The van der Waals surface area contributed by atoms with Crippen molar-refractivity contribution in [1.29, 1.82) is 0 Å². The molecule has 1 fully saturated rings. The molecule has 3 aliphatic rings. The molecule has 1 saturated heterocycles. The van der Waals surface area contributed by atoms with Gasteiger partial charge in [0, 0.05) is 18.2 Å². The van der Waals surface area contributed by atoms with E-state index in [0.29, 0.717) is 68.7 Å². The van der Waals surface area contributed by atoms with Crippen LogP contribution in [0.15, 0.2) is 96.6 Å². The number of carbonyl (C=O) groups excluding carboxylic acids is 3. The van der Waals surface area contributed by atoms with Gasteiger partial charge in [-0.2, -0.15) is 0 Å². The summed E-state index contributed by atoms with van der Waals surface area (Å²) in [6.45, 7) is 10.8. The van der Waals surface area contributed by atoms with Crippen molar-refractivity contribution in [3.05, 3.63) is 119 Å². The molecule has 2 amide bonds. The summed E-state index contributed by atoms with van der Waals surface area (Å²) in [6, 6.07) is 18.4. The Morgan fingerprint density at radius 1 is 0.906 bits per heavy atom. The molecule has 64 heavy (non-hydrogen) atoms. The molecule has 0 aromatic heterocycles. The van der Waals surface area contributed by atoms with E-state index < -0.39 is 41.3 Å². The third-order valence-electron chi connectivity index (χ3n) is 13.5. The molecule has 346 valence electrons. The number of amides is 2. The second kappa shape index (κ2) is 21.8. The van der Waals surface area contributed by atoms with Gasteiger partial charge in [0.25, 0.3) is 0 Å². The minimum absolute atomic E-state index is 0.0412. The van der Waals surface area contributed by atoms with Crippen molar-refractivity contribution in [2.45, 2.75) is 123 Å². The van der Waals surface area contributed by atoms with E-state index in [1.54, 1.807) is 17.0 Å². The van der Waals surface area contributed by atoms with Crippen LogP contribution in [0.2, 0.25) is 0 Å². The number of benzene rings is 3. The first-order valence-corrected chi connectivity index (χ1v) is 23.0. The molecule has 1 aliphatic heterocycles. The van der Waals surface area contributed by atoms with Crippen molar-refractivity contribution in [3.8, 4) is 5.75 Å². The molecule has 4 N–H and O–H groups in total. The lowest BCUT2D eigenvalue weighted by Gasteiger charge is -2.48. The number of rotatable bonds is 21. The van der Waals surface area contributed by atoms with Gasteiger partial charge in [0.1, 0.15) is 23.5 Å². The molecule has 3 aromatic rings. The number of nitrogens with zero attached hydrogens (tertiary/aromatic N) is 1. The summed E-state index contributed by atoms with van der Waals surface area (Å²) < 4.78 is 39.3. The van der Waals surface area contributed by atoms with Crippen LogP contribution in [0.3, 0.4) is 0 Å². The molecule has 1 heterocycles. The third-order valence-corrected chi connectivity index (χ3v) is 13.5. The summed E-state index contributed by atoms with van der Waals surface area (Å²) in [5.74, 6) is -0.557. The quantitative estimate of drug-likeness (QED) is 0.0471. The average Bonchev–Trinajstić information content (AvgIpc) is 3.26. The molecule has 0 saturated carbocycles. The summed E-state index contributed by atoms with van der Waals surface area (Å²) in [5, 5.41) is 35.3. The predicted octanol–water partition coefficient (Wildman–Crippen LogP) is 9.10. The number of anilines is 1. The van der Waals surface area contributed by atoms with Crippen molar-refractivity contribution in [2.24, 2.45) is 35.0 Å². The monoisotopic (exact) mass is 884 g/mol. The number of ether oxygens (including phenoxy) is 2. The van der Waals surface area contributed by atoms with E-state index in [-0.39, 0.29) is 66.4 Å². The van der Waals surface area contributed by atoms with Gasteiger partial charge in [0.05, 0.1) is 48.7 Å². The number of hydrogen-bond donors (Lipinski definition) is 4. The maximum atomic E-state index is 13.8. The smallest absolute Gasteiger partial charge is 0.311 e. The predicted molar refractivity (Wildman–Crippen MR) is 242 cm³/mol. The summed E-state index contributed by atoms with van der Waals surface area (Å²) in [5.41, 5.74) is 2.61. The Bertz CT molecular complexity index is 2090. The van der Waals surface area contributed by atoms with Gasteiger partial charge in [-0.3, -0.25) is 14.4 Å². The highest BCUT2D eigenvalue weighted by atomic mass is 19.1. The number of nitrogens with one attached hydrogen (secondary N) is 1. The number of esters is 1. The first-order valence-electron chi connectivity index (χ1n) is 23.0. The number of aliphatic hydroxyl groups is 3. The van der Waals surface area contributed by atoms with E-state index in [4.69, 9.17) is 9.47 Å². The Morgan fingerprint density at radius 3 is 2.25 bits per heavy atom. The SMILES string of the molecule is CCC(C)(C)C(=O)OC1CC(C)C=C2C=CC(C)C(CCC(O)CC(O)CC(=O)NCCCOc3ccc(C4C(CCC(O)c5ccc(F)cc5)C(=O)N4c4ccc(F)cc4)cc3)C21. The van der Waals surface area contributed by atoms with Crippen LogP contribution in [-0.2, 0) is 19.1 Å². The van der Waals surface area contributed by atoms with Gasteiger partial charge in [0.15, 0.2) is 0 Å². The van der Waals surface area contributed by atoms with E-state index in [9.17, 15) is 38.5 Å². The van der Waals surface area contributed by atoms with Gasteiger partial charge < -0.3 is 35.0 Å². The van der Waals surface area contributed by atoms with Gasteiger partial charge in [-0.1, -0.05) is 63.3 Å². The maximum absolute atomic E-state index is 13.8. The minimum atomic E-state index is -1.01. The molecule has 10 unspecified atom stereocenters. The fourth-order valence-corrected chi connectivity index (χ4v) is 9.39. The number of allylic oxidation sites excluding steroid dienone is 3. The largest absolute Gasteiger partial charge is 0.494 e. The van der Waals surface area contributed by atoms with E-state index in [0.717, 1.165) is 12.0 Å². The lowest BCUT2D eigenvalue weighted by Crippen LogP contribution is -2.55. The summed E-state index contributed by atoms with van der Waals surface area (Å²) in [7, 11) is 0. The minimum Gasteiger partial charge on any atom is -0.494 e. The standard InChI is InChI=1S/C52H66F2N2O8/c1-6-52(4,5)51(62)64-46-29-32(2)28-36-9-8-33(3)43(48(36)46)23-20-40(57)30-41(58)31-47(60)55-26-7-27-63-42-21-12-35(13-22-42)49-44(24-25-45(59)34-10-14-37(53)15-11-34)50(61)56(49)39-18-16-38(54)17-19-39/h8-19,21-22,28,32-33,40-41,43-46,48-49,57-59H,6-7,20,23-27,29-31H2,1-5H3,(H,55,60). The number of halogens is 2. The highest BCUT2D eigenvalue weighted by molar-refractivity contribution is 6.03. The molecule has 12 heteroatoms. The maximum Gasteiger partial charge on any atom is 0.311 e. The Balaban J connectivity index is 0.930. The Morgan fingerprint density at radius 2 is 1.58 bits per heavy atom. The average molecular weight is 885 g/mol. The molecule has 0 bridgehead atoms. The van der Waals surface area contributed by atoms with E-state index in [1.807, 2.05) is 45.0 Å². The zero-order valence-corrected chi connectivity index (χ0v) is 37.8. The zero-order chi connectivity index (χ0) is 46.1. The van der Waals surface area contributed by atoms with Crippen molar-refractivity contribution in [3.63, 3.8) is 0 Å². The number of hydrogen-bond acceptors (Lipinski definition) is 8. The van der Waals surface area contributed by atoms with Gasteiger partial charge in [-0.15, -0.1) is 0 Å². The molecule has 2 aliphatic carbocycles. The van der Waals surface area contributed by atoms with Crippen LogP contribution < -0.4 is 15.0 Å². The molecule has 10 nitrogen and oxygen atoms in total. The first-order chi connectivity index (χ1) is 30.5. The highest BCUT2D eigenvalue weighted by Crippen LogP contribution is 2.47. The molecule has 0 radical (unpaired) electrons. The van der Waals surface area contributed by atoms with Crippen LogP contribution in [0.5, 0.6) is 5.75 Å². The van der Waals surface area contributed by atoms with Gasteiger partial charge >= 0.3 is 5.97 Å². The van der Waals surface area contributed by atoms with Crippen LogP contribution in [0, 0.1) is 46.6 Å². The van der Waals surface area contributed by atoms with E-state index in [2.05, 4.69) is 37.4 Å². The molecule has 6 rings (SSSR count). The van der Waals surface area contributed by atoms with Crippen LogP contribution >= 0.6 is 0 Å². The first kappa shape index (κ1) is 48.5. The Kier molecular flexibility index (Phi) is 16.6. The van der Waals surface area contributed by atoms with Crippen LogP contribution in [-0.4, -0.2) is 64.6 Å². The van der Waals surface area contributed by atoms with Gasteiger partial charge in [0.2, 0.25) is 11.8 Å². The Labute approximate surface area is 376 Å². The Hall–Kier alpha value is -4.91. The number of aliphatic hydroxyl groups excluding tert-OH is 3. The molecular weight excluding hydrogens is 819 g/mol. The van der Waals surface area contributed by atoms with Crippen LogP contribution in [0.1, 0.15) is 116 Å². The summed E-state index contributed by atoms with van der Waals surface area (Å²) >= 11 is 0. The zero-order valence-electron chi connectivity index (χ0n) is 37.8. The fourth-order valence-electron chi connectivity index (χ4n) is 9.39. The van der Waals surface area contributed by atoms with Crippen LogP contribution in [0.4, 0.5) is 14.5 Å². The molecule has 10 atom stereocenters. The number of carbonyl (C=O) groups is 3. The second-order valence-electron chi connectivity index (χ2n) is 18.8. The number of fused-ring (bicyclic) bond motifs is 1. The topological polar surface area (TPSA) is 146 Å². The lowest BCUT2D eigenvalue weighted by molar-refractivity contribution is -0.164. The fraction of sp³-hybridized carbons (Fsp3) is 0.519. The second-order valence-corrected chi connectivity index (χ2v) is 18.8. The van der Waals surface area contributed by atoms with E-state index in [1.165, 1.54) is 42.0 Å². The molecule has 3 aromatic carbocycles. The van der Waals surface area contributed by atoms with Crippen molar-refractivity contribution in [2.75, 3.05) is 18.1 Å². The third kappa shape index (κ3) is 12.2. The van der Waals surface area contributed by atoms with Crippen molar-refractivity contribution >= 4 is 23.5 Å². The van der Waals surface area contributed by atoms with Crippen LogP contribution in [0.25, 0.3) is 0 Å². The molecule has 0 spiro atoms. The summed E-state index contributed by atoms with van der Waals surface area (Å²) in [4.78, 5) is 40.9. The van der Waals surface area contributed by atoms with E-state index >= 15 is 0 Å². The number of β-lactam (4-membered cyclic amide) rings is 1.